The SMILES string of the molecule is C[C@H](N[S@+]([O-])C(C)(C)C)c1cc(-c2ccccc2CN(C)C(=O)O)cs1. The number of amides is 1. The van der Waals surface area contributed by atoms with E-state index in [9.17, 15) is 9.35 Å². The van der Waals surface area contributed by atoms with Gasteiger partial charge in [0.05, 0.1) is 6.04 Å². The van der Waals surface area contributed by atoms with E-state index < -0.39 is 17.5 Å². The van der Waals surface area contributed by atoms with Gasteiger partial charge in [0.1, 0.15) is 4.75 Å². The second-order valence-electron chi connectivity index (χ2n) is 7.25. The maximum atomic E-state index is 12.3. The summed E-state index contributed by atoms with van der Waals surface area (Å²) >= 11 is 0.476. The van der Waals surface area contributed by atoms with E-state index in [1.807, 2.05) is 52.0 Å². The molecule has 26 heavy (non-hydrogen) atoms. The molecule has 0 saturated heterocycles. The van der Waals surface area contributed by atoms with E-state index in [2.05, 4.69) is 16.2 Å². The quantitative estimate of drug-likeness (QED) is 0.700. The monoisotopic (exact) mass is 394 g/mol. The van der Waals surface area contributed by atoms with Crippen LogP contribution in [0.15, 0.2) is 35.7 Å². The van der Waals surface area contributed by atoms with Crippen LogP contribution in [0.5, 0.6) is 0 Å². The van der Waals surface area contributed by atoms with Crippen molar-refractivity contribution in [3.63, 3.8) is 0 Å². The van der Waals surface area contributed by atoms with Gasteiger partial charge in [0.2, 0.25) is 0 Å². The van der Waals surface area contributed by atoms with E-state index in [1.165, 1.54) is 4.90 Å². The lowest BCUT2D eigenvalue weighted by molar-refractivity contribution is 0.154. The lowest BCUT2D eigenvalue weighted by Crippen LogP contribution is -2.40. The lowest BCUT2D eigenvalue weighted by Gasteiger charge is -2.26. The Morgan fingerprint density at radius 2 is 2.04 bits per heavy atom. The molecular weight excluding hydrogens is 368 g/mol. The molecule has 2 rings (SSSR count). The summed E-state index contributed by atoms with van der Waals surface area (Å²) < 4.78 is 15.2. The number of nitrogens with one attached hydrogen (secondary N) is 1. The third kappa shape index (κ3) is 5.23. The van der Waals surface area contributed by atoms with Gasteiger partial charge in [0.25, 0.3) is 0 Å². The summed E-state index contributed by atoms with van der Waals surface area (Å²) in [5.74, 6) is 0. The molecule has 0 aliphatic heterocycles. The number of rotatable bonds is 6. The Balaban J connectivity index is 2.21. The molecule has 0 saturated carbocycles. The van der Waals surface area contributed by atoms with Crippen LogP contribution in [-0.4, -0.2) is 32.4 Å². The first-order chi connectivity index (χ1) is 12.1. The molecule has 142 valence electrons. The van der Waals surface area contributed by atoms with Gasteiger partial charge in [-0.25, -0.2) is 4.79 Å². The van der Waals surface area contributed by atoms with Crippen molar-refractivity contribution in [2.45, 2.75) is 45.0 Å². The molecular formula is C19H26N2O3S2. The Morgan fingerprint density at radius 3 is 2.65 bits per heavy atom. The number of carbonyl (C=O) groups is 1. The molecule has 1 heterocycles. The Labute approximate surface area is 162 Å². The molecule has 0 unspecified atom stereocenters. The molecule has 1 aromatic heterocycles. The van der Waals surface area contributed by atoms with Gasteiger partial charge >= 0.3 is 6.09 Å². The molecule has 0 fully saturated rings. The third-order valence-electron chi connectivity index (χ3n) is 3.95. The second kappa shape index (κ2) is 8.43. The Hall–Kier alpha value is -1.54. The van der Waals surface area contributed by atoms with Crippen LogP contribution in [0.1, 0.15) is 44.2 Å². The van der Waals surface area contributed by atoms with Gasteiger partial charge in [0.15, 0.2) is 0 Å². The van der Waals surface area contributed by atoms with E-state index in [0.29, 0.717) is 6.54 Å². The predicted octanol–water partition coefficient (Wildman–Crippen LogP) is 4.64. The highest BCUT2D eigenvalue weighted by atomic mass is 32.2. The zero-order valence-corrected chi connectivity index (χ0v) is 17.4. The van der Waals surface area contributed by atoms with Crippen LogP contribution in [0.25, 0.3) is 11.1 Å². The summed E-state index contributed by atoms with van der Waals surface area (Å²) in [7, 11) is 1.56. The van der Waals surface area contributed by atoms with Gasteiger partial charge in [-0.05, 0) is 55.8 Å². The van der Waals surface area contributed by atoms with Crippen LogP contribution in [-0.2, 0) is 17.9 Å². The fourth-order valence-corrected chi connectivity index (χ4v) is 4.17. The number of hydrogen-bond donors (Lipinski definition) is 2. The van der Waals surface area contributed by atoms with E-state index in [1.54, 1.807) is 18.4 Å². The normalized spacial score (nSPS) is 14.1. The minimum absolute atomic E-state index is 0.0253. The first-order valence-corrected chi connectivity index (χ1v) is 10.4. The Bertz CT molecular complexity index is 755. The zero-order chi connectivity index (χ0) is 19.5. The topological polar surface area (TPSA) is 75.6 Å². The number of benzene rings is 1. The molecule has 0 bridgehead atoms. The van der Waals surface area contributed by atoms with Gasteiger partial charge < -0.3 is 14.6 Å². The third-order valence-corrected chi connectivity index (χ3v) is 6.74. The van der Waals surface area contributed by atoms with E-state index in [-0.39, 0.29) is 10.8 Å². The molecule has 2 N–H and O–H groups in total. The smallest absolute Gasteiger partial charge is 0.407 e. The van der Waals surface area contributed by atoms with Crippen LogP contribution < -0.4 is 4.72 Å². The van der Waals surface area contributed by atoms with Crippen molar-refractivity contribution in [2.75, 3.05) is 7.05 Å². The minimum atomic E-state index is -1.14. The molecule has 7 heteroatoms. The van der Waals surface area contributed by atoms with E-state index in [4.69, 9.17) is 5.11 Å². The maximum absolute atomic E-state index is 12.3. The number of hydrogen-bond acceptors (Lipinski definition) is 4. The largest absolute Gasteiger partial charge is 0.598 e. The standard InChI is InChI=1S/C19H26N2O3S2/c1-13(20-26(24)19(2,3)4)17-10-15(12-25-17)16-9-7-6-8-14(16)11-21(5)18(22)23/h6-10,12-13,20H,11H2,1-5H3,(H,22,23)/t13-,26+/m0/s1. The highest BCUT2D eigenvalue weighted by Crippen LogP contribution is 2.32. The molecule has 2 atom stereocenters. The summed E-state index contributed by atoms with van der Waals surface area (Å²) in [6.07, 6.45) is -0.951. The summed E-state index contributed by atoms with van der Waals surface area (Å²) in [6, 6.07) is 9.88. The molecule has 0 spiro atoms. The van der Waals surface area contributed by atoms with Crippen LogP contribution in [0.3, 0.4) is 0 Å². The van der Waals surface area contributed by atoms with Crippen molar-refractivity contribution in [1.29, 1.82) is 0 Å². The van der Waals surface area contributed by atoms with Gasteiger partial charge in [-0.15, -0.1) is 16.1 Å². The van der Waals surface area contributed by atoms with E-state index >= 15 is 0 Å². The van der Waals surface area contributed by atoms with Gasteiger partial charge in [0, 0.05) is 29.8 Å². The van der Waals surface area contributed by atoms with Crippen LogP contribution in [0, 0.1) is 0 Å². The fourth-order valence-electron chi connectivity index (χ4n) is 2.38. The van der Waals surface area contributed by atoms with Crippen LogP contribution in [0.4, 0.5) is 4.79 Å². The van der Waals surface area contributed by atoms with Crippen molar-refractivity contribution in [3.8, 4) is 11.1 Å². The Morgan fingerprint density at radius 1 is 1.38 bits per heavy atom. The highest BCUT2D eigenvalue weighted by molar-refractivity contribution is 7.90. The number of nitrogens with zero attached hydrogens (tertiary/aromatic N) is 1. The van der Waals surface area contributed by atoms with Crippen LogP contribution >= 0.6 is 11.3 Å². The average molecular weight is 395 g/mol. The number of carboxylic acid groups (broad SMARTS) is 1. The van der Waals surface area contributed by atoms with Crippen molar-refractivity contribution in [1.82, 2.24) is 9.62 Å². The molecule has 1 amide bonds. The molecule has 5 nitrogen and oxygen atoms in total. The second-order valence-corrected chi connectivity index (χ2v) is 10.2. The summed E-state index contributed by atoms with van der Waals surface area (Å²) in [4.78, 5) is 13.5. The van der Waals surface area contributed by atoms with Gasteiger partial charge in [-0.3, -0.25) is 0 Å². The average Bonchev–Trinajstić information content (AvgIpc) is 3.04. The first kappa shape index (κ1) is 20.8. The molecule has 1 aromatic carbocycles. The zero-order valence-electron chi connectivity index (χ0n) is 15.8. The van der Waals surface area contributed by atoms with Crippen molar-refractivity contribution in [3.05, 3.63) is 46.2 Å². The van der Waals surface area contributed by atoms with Gasteiger partial charge in [-0.2, -0.15) is 0 Å². The maximum Gasteiger partial charge on any atom is 0.407 e. The summed E-state index contributed by atoms with van der Waals surface area (Å²) in [5, 5.41) is 11.2. The first-order valence-electron chi connectivity index (χ1n) is 8.38. The Kier molecular flexibility index (Phi) is 6.74. The van der Waals surface area contributed by atoms with Gasteiger partial charge in [-0.1, -0.05) is 24.3 Å². The van der Waals surface area contributed by atoms with Crippen molar-refractivity contribution < 1.29 is 14.5 Å². The summed E-state index contributed by atoms with van der Waals surface area (Å²) in [5.41, 5.74) is 3.03. The van der Waals surface area contributed by atoms with E-state index in [0.717, 1.165) is 21.6 Å². The van der Waals surface area contributed by atoms with Crippen molar-refractivity contribution in [2.24, 2.45) is 0 Å². The molecule has 0 aliphatic carbocycles. The molecule has 2 aromatic rings. The minimum Gasteiger partial charge on any atom is -0.598 e. The molecule has 0 aliphatic rings. The van der Waals surface area contributed by atoms with Crippen molar-refractivity contribution >= 4 is 28.8 Å². The summed E-state index contributed by atoms with van der Waals surface area (Å²) in [6.45, 7) is 8.16. The van der Waals surface area contributed by atoms with Crippen LogP contribution in [0.2, 0.25) is 0 Å². The fraction of sp³-hybridized carbons (Fsp3) is 0.421. The number of thiophene rings is 1. The molecule has 0 radical (unpaired) electrons. The highest BCUT2D eigenvalue weighted by Gasteiger charge is 2.28. The lowest BCUT2D eigenvalue weighted by atomic mass is 10.0. The predicted molar refractivity (Wildman–Crippen MR) is 109 cm³/mol.